The first-order valence-corrected chi connectivity index (χ1v) is 10.5. The van der Waals surface area contributed by atoms with Crippen molar-refractivity contribution in [1.82, 2.24) is 15.1 Å². The lowest BCUT2D eigenvalue weighted by Crippen LogP contribution is -2.35. The Morgan fingerprint density at radius 2 is 1.87 bits per heavy atom. The third kappa shape index (κ3) is 4.94. The largest absolute Gasteiger partial charge is 0.342 e. The van der Waals surface area contributed by atoms with Gasteiger partial charge in [0.2, 0.25) is 5.91 Å². The van der Waals surface area contributed by atoms with Gasteiger partial charge in [-0.25, -0.2) is 4.68 Å². The van der Waals surface area contributed by atoms with E-state index in [1.165, 1.54) is 4.68 Å². The van der Waals surface area contributed by atoms with Crippen LogP contribution in [0.2, 0.25) is 0 Å². The highest BCUT2D eigenvalue weighted by Crippen LogP contribution is 2.20. The van der Waals surface area contributed by atoms with Crippen molar-refractivity contribution in [2.75, 3.05) is 11.9 Å². The molecule has 0 aliphatic rings. The second-order valence-corrected chi connectivity index (χ2v) is 7.88. The fraction of sp³-hybridized carbons (Fsp3) is 0.273. The Morgan fingerprint density at radius 1 is 1.13 bits per heavy atom. The monoisotopic (exact) mass is 470 g/mol. The molecule has 8 heteroatoms. The molecule has 0 spiro atoms. The summed E-state index contributed by atoms with van der Waals surface area (Å²) in [7, 11) is 0. The van der Waals surface area contributed by atoms with Crippen molar-refractivity contribution in [2.24, 2.45) is 0 Å². The molecule has 0 radical (unpaired) electrons. The quantitative estimate of drug-likeness (QED) is 0.551. The van der Waals surface area contributed by atoms with Crippen molar-refractivity contribution in [3.05, 3.63) is 68.5 Å². The normalized spacial score (nSPS) is 10.8. The summed E-state index contributed by atoms with van der Waals surface area (Å²) >= 11 is 3.38. The number of nitrogens with one attached hydrogen (secondary N) is 2. The van der Waals surface area contributed by atoms with Crippen LogP contribution in [-0.2, 0) is 11.3 Å². The zero-order valence-corrected chi connectivity index (χ0v) is 18.5. The van der Waals surface area contributed by atoms with Gasteiger partial charge in [0.1, 0.15) is 0 Å². The van der Waals surface area contributed by atoms with Crippen molar-refractivity contribution in [3.8, 4) is 0 Å². The third-order valence-electron chi connectivity index (χ3n) is 4.68. The van der Waals surface area contributed by atoms with Gasteiger partial charge in [0, 0.05) is 22.1 Å². The minimum Gasteiger partial charge on any atom is -0.342 e. The average molecular weight is 471 g/mol. The van der Waals surface area contributed by atoms with Crippen LogP contribution in [-0.4, -0.2) is 28.1 Å². The molecule has 3 rings (SSSR count). The van der Waals surface area contributed by atoms with Crippen molar-refractivity contribution < 1.29 is 9.59 Å². The van der Waals surface area contributed by atoms with Crippen molar-refractivity contribution in [3.63, 3.8) is 0 Å². The van der Waals surface area contributed by atoms with Gasteiger partial charge < -0.3 is 10.6 Å². The van der Waals surface area contributed by atoms with Crippen LogP contribution in [0.4, 0.5) is 5.69 Å². The second-order valence-electron chi connectivity index (χ2n) is 6.97. The molecular formula is C22H23BrN4O3. The molecule has 1 heterocycles. The average Bonchev–Trinajstić information content (AvgIpc) is 2.74. The second kappa shape index (κ2) is 9.67. The van der Waals surface area contributed by atoms with Gasteiger partial charge in [0.25, 0.3) is 11.5 Å². The Labute approximate surface area is 182 Å². The van der Waals surface area contributed by atoms with Crippen LogP contribution in [0.3, 0.4) is 0 Å². The highest BCUT2D eigenvalue weighted by molar-refractivity contribution is 9.10. The van der Waals surface area contributed by atoms with Crippen LogP contribution in [0.5, 0.6) is 0 Å². The maximum absolute atomic E-state index is 12.8. The number of aromatic nitrogens is 2. The molecule has 0 bridgehead atoms. The molecule has 156 valence electrons. The minimum atomic E-state index is -0.501. The van der Waals surface area contributed by atoms with E-state index in [1.807, 2.05) is 26.0 Å². The van der Waals surface area contributed by atoms with Crippen molar-refractivity contribution in [2.45, 2.75) is 33.2 Å². The van der Waals surface area contributed by atoms with E-state index < -0.39 is 5.91 Å². The summed E-state index contributed by atoms with van der Waals surface area (Å²) in [6, 6.07) is 12.4. The number of rotatable bonds is 7. The lowest BCUT2D eigenvalue weighted by molar-refractivity contribution is -0.115. The predicted molar refractivity (Wildman–Crippen MR) is 121 cm³/mol. The van der Waals surface area contributed by atoms with Crippen LogP contribution in [0, 0.1) is 6.92 Å². The smallest absolute Gasteiger partial charge is 0.274 e. The Bertz CT molecular complexity index is 1160. The first-order chi connectivity index (χ1) is 14.4. The summed E-state index contributed by atoms with van der Waals surface area (Å²) in [5.74, 6) is -0.850. The van der Waals surface area contributed by atoms with Crippen LogP contribution in [0.1, 0.15) is 35.8 Å². The summed E-state index contributed by atoms with van der Waals surface area (Å²) in [5, 5.41) is 10.6. The van der Waals surface area contributed by atoms with Crippen LogP contribution >= 0.6 is 15.9 Å². The van der Waals surface area contributed by atoms with Gasteiger partial charge in [0.15, 0.2) is 5.69 Å². The lowest BCUT2D eigenvalue weighted by Gasteiger charge is -2.12. The van der Waals surface area contributed by atoms with Crippen LogP contribution in [0.25, 0.3) is 10.8 Å². The number of anilines is 1. The van der Waals surface area contributed by atoms with Gasteiger partial charge >= 0.3 is 0 Å². The molecule has 0 fully saturated rings. The molecule has 2 aromatic carbocycles. The third-order valence-corrected chi connectivity index (χ3v) is 5.17. The standard InChI is InChI=1S/C22H23BrN4O3/c1-3-4-11-27-22(30)17-8-6-5-7-16(17)20(26-27)21(29)24-13-19(28)25-18-10-9-15(23)12-14(18)2/h5-10,12H,3-4,11,13H2,1-2H3,(H,24,29)(H,25,28). The topological polar surface area (TPSA) is 93.1 Å². The number of aryl methyl sites for hydroxylation is 2. The van der Waals surface area contributed by atoms with Crippen molar-refractivity contribution in [1.29, 1.82) is 0 Å². The molecular weight excluding hydrogens is 448 g/mol. The zero-order chi connectivity index (χ0) is 21.7. The molecule has 0 saturated heterocycles. The summed E-state index contributed by atoms with van der Waals surface area (Å²) < 4.78 is 2.24. The summed E-state index contributed by atoms with van der Waals surface area (Å²) in [6.07, 6.45) is 1.68. The number of benzene rings is 2. The van der Waals surface area contributed by atoms with Crippen LogP contribution < -0.4 is 16.2 Å². The van der Waals surface area contributed by atoms with Gasteiger partial charge in [-0.15, -0.1) is 0 Å². The number of halogens is 1. The van der Waals surface area contributed by atoms with Gasteiger partial charge in [-0.2, -0.15) is 5.10 Å². The molecule has 0 aliphatic heterocycles. The Balaban J connectivity index is 1.78. The molecule has 0 unspecified atom stereocenters. The van der Waals surface area contributed by atoms with Gasteiger partial charge in [-0.1, -0.05) is 47.5 Å². The van der Waals surface area contributed by atoms with E-state index in [4.69, 9.17) is 0 Å². The Hall–Kier alpha value is -3.00. The number of carbonyl (C=O) groups excluding carboxylic acids is 2. The molecule has 3 aromatic rings. The Kier molecular flexibility index (Phi) is 6.99. The molecule has 7 nitrogen and oxygen atoms in total. The number of unbranched alkanes of at least 4 members (excludes halogenated alkanes) is 1. The van der Waals surface area contributed by atoms with E-state index in [9.17, 15) is 14.4 Å². The molecule has 2 amide bonds. The van der Waals surface area contributed by atoms with Crippen LogP contribution in [0.15, 0.2) is 51.7 Å². The van der Waals surface area contributed by atoms with E-state index in [-0.39, 0.29) is 23.7 Å². The maximum Gasteiger partial charge on any atom is 0.274 e. The molecule has 0 aliphatic carbocycles. The summed E-state index contributed by atoms with van der Waals surface area (Å²) in [4.78, 5) is 37.7. The highest BCUT2D eigenvalue weighted by atomic mass is 79.9. The first-order valence-electron chi connectivity index (χ1n) is 9.74. The number of hydrogen-bond acceptors (Lipinski definition) is 4. The number of fused-ring (bicyclic) bond motifs is 1. The molecule has 0 saturated carbocycles. The van der Waals surface area contributed by atoms with E-state index in [1.54, 1.807) is 30.3 Å². The van der Waals surface area contributed by atoms with Gasteiger partial charge in [-0.05, 0) is 43.2 Å². The molecule has 30 heavy (non-hydrogen) atoms. The van der Waals surface area contributed by atoms with E-state index in [0.29, 0.717) is 23.0 Å². The zero-order valence-electron chi connectivity index (χ0n) is 16.9. The van der Waals surface area contributed by atoms with E-state index >= 15 is 0 Å². The van der Waals surface area contributed by atoms with Gasteiger partial charge in [-0.3, -0.25) is 14.4 Å². The SMILES string of the molecule is CCCCn1nc(C(=O)NCC(=O)Nc2ccc(Br)cc2C)c2ccccc2c1=O. The molecule has 1 aromatic heterocycles. The van der Waals surface area contributed by atoms with E-state index in [0.717, 1.165) is 22.9 Å². The number of carbonyl (C=O) groups is 2. The summed E-state index contributed by atoms with van der Waals surface area (Å²) in [6.45, 7) is 4.13. The minimum absolute atomic E-state index is 0.133. The fourth-order valence-corrected chi connectivity index (χ4v) is 3.54. The fourth-order valence-electron chi connectivity index (χ4n) is 3.07. The Morgan fingerprint density at radius 3 is 2.57 bits per heavy atom. The molecule has 2 N–H and O–H groups in total. The lowest BCUT2D eigenvalue weighted by atomic mass is 10.1. The predicted octanol–water partition coefficient (Wildman–Crippen LogP) is 3.64. The van der Waals surface area contributed by atoms with Crippen molar-refractivity contribution >= 4 is 44.2 Å². The van der Waals surface area contributed by atoms with Gasteiger partial charge in [0.05, 0.1) is 11.9 Å². The summed E-state index contributed by atoms with van der Waals surface area (Å²) in [5.41, 5.74) is 1.49. The number of nitrogens with zero attached hydrogens (tertiary/aromatic N) is 2. The highest BCUT2D eigenvalue weighted by Gasteiger charge is 2.17. The number of hydrogen-bond donors (Lipinski definition) is 2. The first kappa shape index (κ1) is 21.7. The number of amides is 2. The molecule has 0 atom stereocenters. The van der Waals surface area contributed by atoms with E-state index in [2.05, 4.69) is 31.7 Å². The maximum atomic E-state index is 12.8.